The van der Waals surface area contributed by atoms with Gasteiger partial charge in [0.25, 0.3) is 5.91 Å². The van der Waals surface area contributed by atoms with Gasteiger partial charge in [-0.05, 0) is 31.4 Å². The van der Waals surface area contributed by atoms with Crippen LogP contribution in [0.3, 0.4) is 0 Å². The number of rotatable bonds is 2. The molecule has 6 heteroatoms. The summed E-state index contributed by atoms with van der Waals surface area (Å²) in [4.78, 5) is 17.2. The molecule has 0 saturated carbocycles. The molecule has 20 heavy (non-hydrogen) atoms. The lowest BCUT2D eigenvalue weighted by Gasteiger charge is -2.32. The lowest BCUT2D eigenvalue weighted by Crippen LogP contribution is -2.41. The summed E-state index contributed by atoms with van der Waals surface area (Å²) < 4.78 is 1.97. The number of nitrogens with one attached hydrogen (secondary N) is 1. The molecule has 1 amide bonds. The molecule has 3 heterocycles. The topological polar surface area (TPSA) is 53.9 Å². The van der Waals surface area contributed by atoms with Crippen molar-refractivity contribution < 1.29 is 4.79 Å². The molecule has 1 atom stereocenters. The highest BCUT2D eigenvalue weighted by Gasteiger charge is 2.26. The maximum absolute atomic E-state index is 12.4. The summed E-state index contributed by atoms with van der Waals surface area (Å²) in [5.74, 6) is 0.00507. The van der Waals surface area contributed by atoms with Crippen LogP contribution >= 0.6 is 11.6 Å². The number of amides is 1. The first kappa shape index (κ1) is 13.2. The Bertz CT molecular complexity index is 618. The molecule has 0 aromatic carbocycles. The van der Waals surface area contributed by atoms with Crippen molar-refractivity contribution in [1.29, 1.82) is 0 Å². The zero-order valence-electron chi connectivity index (χ0n) is 11.3. The van der Waals surface area contributed by atoms with E-state index in [9.17, 15) is 4.79 Å². The standard InChI is InChI=1S/C14H17ClN4O/c1-10-6-17-19(8-10)12-3-2-4-18(9-12)14(20)13-5-11(15)7-16-13/h5-8,12,16H,2-4,9H2,1H3/t12-/m0/s1. The number of carbonyl (C=O) groups is 1. The van der Waals surface area contributed by atoms with Crippen LogP contribution in [0.5, 0.6) is 0 Å². The lowest BCUT2D eigenvalue weighted by molar-refractivity contribution is 0.0667. The van der Waals surface area contributed by atoms with Crippen molar-refractivity contribution >= 4 is 17.5 Å². The molecular formula is C14H17ClN4O. The van der Waals surface area contributed by atoms with Crippen LogP contribution in [0, 0.1) is 6.92 Å². The summed E-state index contributed by atoms with van der Waals surface area (Å²) in [5, 5.41) is 4.92. The molecule has 2 aromatic heterocycles. The van der Waals surface area contributed by atoms with Crippen LogP contribution in [0.25, 0.3) is 0 Å². The Balaban J connectivity index is 1.73. The van der Waals surface area contributed by atoms with Gasteiger partial charge >= 0.3 is 0 Å². The molecule has 1 aliphatic heterocycles. The van der Waals surface area contributed by atoms with E-state index in [1.807, 2.05) is 28.9 Å². The summed E-state index contributed by atoms with van der Waals surface area (Å²) in [7, 11) is 0. The van der Waals surface area contributed by atoms with Crippen LogP contribution in [-0.2, 0) is 0 Å². The van der Waals surface area contributed by atoms with E-state index < -0.39 is 0 Å². The van der Waals surface area contributed by atoms with Crippen molar-refractivity contribution in [3.05, 3.63) is 40.9 Å². The van der Waals surface area contributed by atoms with Crippen LogP contribution in [0.4, 0.5) is 0 Å². The van der Waals surface area contributed by atoms with E-state index in [4.69, 9.17) is 11.6 Å². The third-order valence-electron chi connectivity index (χ3n) is 3.67. The monoisotopic (exact) mass is 292 g/mol. The van der Waals surface area contributed by atoms with E-state index >= 15 is 0 Å². The number of nitrogens with zero attached hydrogens (tertiary/aromatic N) is 3. The van der Waals surface area contributed by atoms with Crippen molar-refractivity contribution in [3.63, 3.8) is 0 Å². The van der Waals surface area contributed by atoms with Gasteiger partial charge in [0.05, 0.1) is 17.3 Å². The van der Waals surface area contributed by atoms with Crippen LogP contribution in [0.2, 0.25) is 5.02 Å². The van der Waals surface area contributed by atoms with Gasteiger partial charge in [0.1, 0.15) is 5.69 Å². The summed E-state index contributed by atoms with van der Waals surface area (Å²) in [5.41, 5.74) is 1.69. The largest absolute Gasteiger partial charge is 0.356 e. The molecule has 0 unspecified atom stereocenters. The van der Waals surface area contributed by atoms with Crippen molar-refractivity contribution in [2.24, 2.45) is 0 Å². The number of likely N-dealkylation sites (tertiary alicyclic amines) is 1. The molecule has 0 radical (unpaired) electrons. The van der Waals surface area contributed by atoms with E-state index in [-0.39, 0.29) is 11.9 Å². The fraction of sp³-hybridized carbons (Fsp3) is 0.429. The molecule has 1 N–H and O–H groups in total. The van der Waals surface area contributed by atoms with Crippen molar-refractivity contribution in [3.8, 4) is 0 Å². The minimum atomic E-state index is 0.00507. The minimum absolute atomic E-state index is 0.00507. The number of hydrogen-bond acceptors (Lipinski definition) is 2. The van der Waals surface area contributed by atoms with Crippen LogP contribution in [0.15, 0.2) is 24.7 Å². The number of piperidine rings is 1. The molecule has 1 saturated heterocycles. The number of carbonyl (C=O) groups excluding carboxylic acids is 1. The molecule has 3 rings (SSSR count). The van der Waals surface area contributed by atoms with E-state index in [2.05, 4.69) is 10.1 Å². The van der Waals surface area contributed by atoms with Gasteiger partial charge in [-0.15, -0.1) is 0 Å². The van der Waals surface area contributed by atoms with Gasteiger partial charge in [0.15, 0.2) is 0 Å². The minimum Gasteiger partial charge on any atom is -0.356 e. The molecule has 0 aliphatic carbocycles. The van der Waals surface area contributed by atoms with Gasteiger partial charge in [0, 0.05) is 25.5 Å². The van der Waals surface area contributed by atoms with Crippen LogP contribution < -0.4 is 0 Å². The highest BCUT2D eigenvalue weighted by atomic mass is 35.5. The number of aromatic amines is 1. The fourth-order valence-electron chi connectivity index (χ4n) is 2.65. The second-order valence-electron chi connectivity index (χ2n) is 5.28. The average molecular weight is 293 g/mol. The Hall–Kier alpha value is -1.75. The van der Waals surface area contributed by atoms with Crippen molar-refractivity contribution in [2.75, 3.05) is 13.1 Å². The zero-order chi connectivity index (χ0) is 14.1. The first-order valence-electron chi connectivity index (χ1n) is 6.77. The lowest BCUT2D eigenvalue weighted by atomic mass is 10.1. The summed E-state index contributed by atoms with van der Waals surface area (Å²) >= 11 is 5.85. The quantitative estimate of drug-likeness (QED) is 0.925. The third kappa shape index (κ3) is 2.58. The molecule has 1 aliphatic rings. The molecule has 2 aromatic rings. The highest BCUT2D eigenvalue weighted by molar-refractivity contribution is 6.30. The molecule has 1 fully saturated rings. The number of aryl methyl sites for hydroxylation is 1. The smallest absolute Gasteiger partial charge is 0.270 e. The first-order chi connectivity index (χ1) is 9.63. The molecule has 106 valence electrons. The van der Waals surface area contributed by atoms with Gasteiger partial charge < -0.3 is 9.88 Å². The molecule has 0 bridgehead atoms. The maximum atomic E-state index is 12.4. The number of aromatic nitrogens is 3. The van der Waals surface area contributed by atoms with Crippen molar-refractivity contribution in [2.45, 2.75) is 25.8 Å². The predicted molar refractivity (Wildman–Crippen MR) is 76.9 cm³/mol. The number of hydrogen-bond donors (Lipinski definition) is 1. The van der Waals surface area contributed by atoms with Gasteiger partial charge in [-0.1, -0.05) is 11.6 Å². The summed E-state index contributed by atoms with van der Waals surface area (Å²) in [6, 6.07) is 1.93. The summed E-state index contributed by atoms with van der Waals surface area (Å²) in [6.07, 6.45) is 7.56. The first-order valence-corrected chi connectivity index (χ1v) is 7.15. The Morgan fingerprint density at radius 2 is 2.40 bits per heavy atom. The van der Waals surface area contributed by atoms with Crippen molar-refractivity contribution in [1.82, 2.24) is 19.7 Å². The van der Waals surface area contributed by atoms with E-state index in [0.717, 1.165) is 24.9 Å². The zero-order valence-corrected chi connectivity index (χ0v) is 12.1. The number of halogens is 1. The molecule has 0 spiro atoms. The normalized spacial score (nSPS) is 19.3. The van der Waals surface area contributed by atoms with Gasteiger partial charge in [0.2, 0.25) is 0 Å². The Labute approximate surface area is 122 Å². The fourth-order valence-corrected chi connectivity index (χ4v) is 2.81. The van der Waals surface area contributed by atoms with Gasteiger partial charge in [-0.2, -0.15) is 5.10 Å². The van der Waals surface area contributed by atoms with E-state index in [1.165, 1.54) is 0 Å². The Morgan fingerprint density at radius 1 is 1.55 bits per heavy atom. The van der Waals surface area contributed by atoms with E-state index in [1.54, 1.807) is 12.3 Å². The second-order valence-corrected chi connectivity index (χ2v) is 5.71. The SMILES string of the molecule is Cc1cnn([C@H]2CCCN(C(=O)c3cc(Cl)c[nH]3)C2)c1. The average Bonchev–Trinajstić information content (AvgIpc) is 3.07. The summed E-state index contributed by atoms with van der Waals surface area (Å²) in [6.45, 7) is 3.50. The third-order valence-corrected chi connectivity index (χ3v) is 3.88. The van der Waals surface area contributed by atoms with Crippen LogP contribution in [0.1, 0.15) is 34.9 Å². The molecular weight excluding hydrogens is 276 g/mol. The predicted octanol–water partition coefficient (Wildman–Crippen LogP) is 2.65. The van der Waals surface area contributed by atoms with Gasteiger partial charge in [-0.25, -0.2) is 0 Å². The Morgan fingerprint density at radius 3 is 3.05 bits per heavy atom. The molecule has 5 nitrogen and oxygen atoms in total. The Kier molecular flexibility index (Phi) is 3.53. The maximum Gasteiger partial charge on any atom is 0.270 e. The number of H-pyrrole nitrogens is 1. The van der Waals surface area contributed by atoms with Gasteiger partial charge in [-0.3, -0.25) is 9.48 Å². The second kappa shape index (κ2) is 5.32. The highest BCUT2D eigenvalue weighted by Crippen LogP contribution is 2.23. The van der Waals surface area contributed by atoms with E-state index in [0.29, 0.717) is 17.3 Å². The van der Waals surface area contributed by atoms with Crippen LogP contribution in [-0.4, -0.2) is 38.7 Å².